The van der Waals surface area contributed by atoms with Gasteiger partial charge < -0.3 is 19.5 Å². The zero-order chi connectivity index (χ0) is 18.5. The molecule has 1 fully saturated rings. The molecule has 1 atom stereocenters. The molecule has 3 rings (SSSR count). The molecule has 1 saturated heterocycles. The van der Waals surface area contributed by atoms with E-state index in [-0.39, 0.29) is 12.0 Å². The lowest BCUT2D eigenvalue weighted by molar-refractivity contribution is -0.114. The summed E-state index contributed by atoms with van der Waals surface area (Å²) in [6.07, 6.45) is 1.60. The van der Waals surface area contributed by atoms with Crippen LogP contribution in [-0.2, 0) is 16.0 Å². The van der Waals surface area contributed by atoms with Crippen molar-refractivity contribution in [1.29, 1.82) is 0 Å². The fourth-order valence-electron chi connectivity index (χ4n) is 2.89. The monoisotopic (exact) mass is 419 g/mol. The zero-order valence-corrected chi connectivity index (χ0v) is 16.5. The first-order valence-electron chi connectivity index (χ1n) is 8.52. The van der Waals surface area contributed by atoms with Gasteiger partial charge in [-0.1, -0.05) is 12.1 Å². The van der Waals surface area contributed by atoms with Gasteiger partial charge in [0.1, 0.15) is 17.6 Å². The van der Waals surface area contributed by atoms with E-state index in [9.17, 15) is 4.79 Å². The fourth-order valence-corrected chi connectivity index (χ4v) is 3.37. The first-order valence-corrected chi connectivity index (χ1v) is 9.32. The number of ether oxygens (including phenoxy) is 3. The molecule has 0 aromatic heterocycles. The van der Waals surface area contributed by atoms with Crippen molar-refractivity contribution in [2.45, 2.75) is 25.9 Å². The Morgan fingerprint density at radius 1 is 1.31 bits per heavy atom. The number of carbonyl (C=O) groups excluding carboxylic acids is 1. The number of anilines is 1. The van der Waals surface area contributed by atoms with Crippen LogP contribution in [0.3, 0.4) is 0 Å². The van der Waals surface area contributed by atoms with Gasteiger partial charge in [-0.05, 0) is 51.7 Å². The number of rotatable bonds is 6. The minimum Gasteiger partial charge on any atom is -0.497 e. The summed E-state index contributed by atoms with van der Waals surface area (Å²) in [5.41, 5.74) is 2.89. The van der Waals surface area contributed by atoms with Crippen molar-refractivity contribution in [2.75, 3.05) is 25.6 Å². The summed E-state index contributed by atoms with van der Waals surface area (Å²) in [4.78, 5) is 11.6. The van der Waals surface area contributed by atoms with Gasteiger partial charge in [-0.2, -0.15) is 0 Å². The average Bonchev–Trinajstić information content (AvgIpc) is 3.12. The predicted octanol–water partition coefficient (Wildman–Crippen LogP) is 4.17. The second-order valence-corrected chi connectivity index (χ2v) is 7.10. The number of benzene rings is 2. The van der Waals surface area contributed by atoms with Gasteiger partial charge in [-0.15, -0.1) is 0 Å². The van der Waals surface area contributed by atoms with Crippen LogP contribution in [0.5, 0.6) is 11.5 Å². The highest BCUT2D eigenvalue weighted by Gasteiger charge is 2.20. The molecular weight excluding hydrogens is 398 g/mol. The summed E-state index contributed by atoms with van der Waals surface area (Å²) in [5, 5.41) is 2.91. The van der Waals surface area contributed by atoms with Crippen LogP contribution < -0.4 is 14.8 Å². The molecule has 0 bridgehead atoms. The van der Waals surface area contributed by atoms with Crippen LogP contribution >= 0.6 is 15.9 Å². The maximum Gasteiger partial charge on any atom is 0.221 e. The molecule has 0 spiro atoms. The Labute approximate surface area is 161 Å². The van der Waals surface area contributed by atoms with E-state index in [1.807, 2.05) is 36.4 Å². The normalized spacial score (nSPS) is 16.3. The van der Waals surface area contributed by atoms with E-state index in [4.69, 9.17) is 14.2 Å². The van der Waals surface area contributed by atoms with Crippen LogP contribution in [0.2, 0.25) is 0 Å². The number of amides is 1. The third-order valence-corrected chi connectivity index (χ3v) is 4.82. The van der Waals surface area contributed by atoms with Gasteiger partial charge in [0.15, 0.2) is 0 Å². The molecule has 2 aromatic carbocycles. The smallest absolute Gasteiger partial charge is 0.221 e. The maximum atomic E-state index is 11.6. The van der Waals surface area contributed by atoms with Crippen LogP contribution in [0.25, 0.3) is 0 Å². The SMILES string of the molecule is COc1ccc(Cc2cc(Br)c(O[C@H]3CCOC3)cc2NC(C)=O)cc1. The van der Waals surface area contributed by atoms with Crippen molar-refractivity contribution in [1.82, 2.24) is 0 Å². The van der Waals surface area contributed by atoms with Crippen molar-refractivity contribution in [3.63, 3.8) is 0 Å². The Balaban J connectivity index is 1.86. The predicted molar refractivity (Wildman–Crippen MR) is 104 cm³/mol. The fraction of sp³-hybridized carbons (Fsp3) is 0.350. The molecule has 0 saturated carbocycles. The van der Waals surface area contributed by atoms with E-state index >= 15 is 0 Å². The molecule has 0 aliphatic carbocycles. The summed E-state index contributed by atoms with van der Waals surface area (Å²) >= 11 is 3.59. The number of methoxy groups -OCH3 is 1. The molecule has 5 nitrogen and oxygen atoms in total. The highest BCUT2D eigenvalue weighted by molar-refractivity contribution is 9.10. The maximum absolute atomic E-state index is 11.6. The van der Waals surface area contributed by atoms with Crippen LogP contribution in [-0.4, -0.2) is 32.3 Å². The second kappa shape index (κ2) is 8.56. The highest BCUT2D eigenvalue weighted by atomic mass is 79.9. The van der Waals surface area contributed by atoms with E-state index in [1.165, 1.54) is 6.92 Å². The number of hydrogen-bond acceptors (Lipinski definition) is 4. The molecule has 138 valence electrons. The molecule has 6 heteroatoms. The van der Waals surface area contributed by atoms with Crippen LogP contribution in [0.4, 0.5) is 5.69 Å². The van der Waals surface area contributed by atoms with Gasteiger partial charge in [0.2, 0.25) is 5.91 Å². The Hall–Kier alpha value is -2.05. The lowest BCUT2D eigenvalue weighted by Crippen LogP contribution is -2.16. The zero-order valence-electron chi connectivity index (χ0n) is 14.9. The van der Waals surface area contributed by atoms with Gasteiger partial charge in [-0.3, -0.25) is 4.79 Å². The molecule has 1 aliphatic rings. The Bertz CT molecular complexity index is 770. The first kappa shape index (κ1) is 18.7. The van der Waals surface area contributed by atoms with E-state index < -0.39 is 0 Å². The molecule has 0 unspecified atom stereocenters. The Morgan fingerprint density at radius 3 is 2.69 bits per heavy atom. The summed E-state index contributed by atoms with van der Waals surface area (Å²) in [6.45, 7) is 2.82. The van der Waals surface area contributed by atoms with Crippen molar-refractivity contribution in [3.8, 4) is 11.5 Å². The molecule has 0 radical (unpaired) electrons. The summed E-state index contributed by atoms with van der Waals surface area (Å²) in [5.74, 6) is 1.42. The molecule has 1 N–H and O–H groups in total. The largest absolute Gasteiger partial charge is 0.497 e. The van der Waals surface area contributed by atoms with E-state index in [1.54, 1.807) is 7.11 Å². The Morgan fingerprint density at radius 2 is 2.08 bits per heavy atom. The quantitative estimate of drug-likeness (QED) is 0.762. The van der Waals surface area contributed by atoms with Crippen LogP contribution in [0, 0.1) is 0 Å². The lowest BCUT2D eigenvalue weighted by atomic mass is 10.0. The van der Waals surface area contributed by atoms with Gasteiger partial charge >= 0.3 is 0 Å². The third kappa shape index (κ3) is 4.77. The number of nitrogens with one attached hydrogen (secondary N) is 1. The van der Waals surface area contributed by atoms with E-state index in [0.717, 1.165) is 40.1 Å². The third-order valence-electron chi connectivity index (χ3n) is 4.20. The molecular formula is C20H22BrNO4. The molecule has 1 heterocycles. The topological polar surface area (TPSA) is 56.8 Å². The first-order chi connectivity index (χ1) is 12.5. The van der Waals surface area contributed by atoms with Gasteiger partial charge in [0, 0.05) is 25.1 Å². The summed E-state index contributed by atoms with van der Waals surface area (Å²) in [7, 11) is 1.65. The highest BCUT2D eigenvalue weighted by Crippen LogP contribution is 2.34. The standard InChI is InChI=1S/C20H22BrNO4/c1-13(23)22-19-11-20(26-17-7-8-25-12-17)18(21)10-15(19)9-14-3-5-16(24-2)6-4-14/h3-6,10-11,17H,7-9,12H2,1-2H3,(H,22,23)/t17-/m0/s1. The number of halogens is 1. The molecule has 26 heavy (non-hydrogen) atoms. The average molecular weight is 420 g/mol. The van der Waals surface area contributed by atoms with Crippen molar-refractivity contribution in [2.24, 2.45) is 0 Å². The van der Waals surface area contributed by atoms with Crippen LogP contribution in [0.15, 0.2) is 40.9 Å². The van der Waals surface area contributed by atoms with Gasteiger partial charge in [-0.25, -0.2) is 0 Å². The van der Waals surface area contributed by atoms with Crippen molar-refractivity contribution in [3.05, 3.63) is 52.0 Å². The van der Waals surface area contributed by atoms with E-state index in [2.05, 4.69) is 21.2 Å². The minimum absolute atomic E-state index is 0.0453. The van der Waals surface area contributed by atoms with Crippen LogP contribution in [0.1, 0.15) is 24.5 Å². The van der Waals surface area contributed by atoms with Gasteiger partial charge in [0.25, 0.3) is 0 Å². The Kier molecular flexibility index (Phi) is 6.16. The molecule has 2 aromatic rings. The lowest BCUT2D eigenvalue weighted by Gasteiger charge is -2.18. The van der Waals surface area contributed by atoms with Crippen molar-refractivity contribution < 1.29 is 19.0 Å². The number of hydrogen-bond donors (Lipinski definition) is 1. The molecule has 1 amide bonds. The van der Waals surface area contributed by atoms with Gasteiger partial charge in [0.05, 0.1) is 24.8 Å². The second-order valence-electron chi connectivity index (χ2n) is 6.25. The molecule has 1 aliphatic heterocycles. The minimum atomic E-state index is -0.113. The van der Waals surface area contributed by atoms with E-state index in [0.29, 0.717) is 18.8 Å². The summed E-state index contributed by atoms with van der Waals surface area (Å²) < 4.78 is 17.5. The summed E-state index contributed by atoms with van der Waals surface area (Å²) in [6, 6.07) is 11.8. The number of carbonyl (C=O) groups is 1. The van der Waals surface area contributed by atoms with Crippen molar-refractivity contribution >= 4 is 27.5 Å².